The molecule has 1 atom stereocenters. The Morgan fingerprint density at radius 2 is 2.11 bits per heavy atom. The van der Waals surface area contributed by atoms with Gasteiger partial charge in [0, 0.05) is 6.04 Å². The molecule has 0 aliphatic rings. The molecule has 0 aliphatic heterocycles. The van der Waals surface area contributed by atoms with Gasteiger partial charge in [-0.2, -0.15) is 0 Å². The van der Waals surface area contributed by atoms with Gasteiger partial charge < -0.3 is 14.5 Å². The highest BCUT2D eigenvalue weighted by atomic mass is 16.5. The number of carbonyl (C=O) groups is 1. The number of methoxy groups -OCH3 is 1. The summed E-state index contributed by atoms with van der Waals surface area (Å²) in [6.07, 6.45) is 1.41. The van der Waals surface area contributed by atoms with Gasteiger partial charge in [0.15, 0.2) is 0 Å². The van der Waals surface area contributed by atoms with E-state index in [1.165, 1.54) is 18.9 Å². The van der Waals surface area contributed by atoms with E-state index >= 15 is 0 Å². The van der Waals surface area contributed by atoms with E-state index in [1.807, 2.05) is 18.2 Å². The molecule has 1 N–H and O–H groups in total. The van der Waals surface area contributed by atoms with Crippen LogP contribution in [-0.2, 0) is 11.3 Å². The Morgan fingerprint density at radius 1 is 1.37 bits per heavy atom. The van der Waals surface area contributed by atoms with Gasteiger partial charge in [-0.1, -0.05) is 30.3 Å². The minimum absolute atomic E-state index is 0.216. The van der Waals surface area contributed by atoms with E-state index in [-0.39, 0.29) is 12.0 Å². The molecule has 0 radical (unpaired) electrons. The van der Waals surface area contributed by atoms with E-state index in [1.54, 1.807) is 6.07 Å². The fourth-order valence-corrected chi connectivity index (χ4v) is 1.81. The second kappa shape index (κ2) is 6.20. The topological polar surface area (TPSA) is 51.5 Å². The van der Waals surface area contributed by atoms with Crippen LogP contribution >= 0.6 is 0 Å². The van der Waals surface area contributed by atoms with Crippen LogP contribution in [0, 0.1) is 0 Å². The third kappa shape index (κ3) is 3.45. The summed E-state index contributed by atoms with van der Waals surface area (Å²) in [5.41, 5.74) is 1.65. The Morgan fingerprint density at radius 3 is 2.79 bits per heavy atom. The van der Waals surface area contributed by atoms with Crippen molar-refractivity contribution in [3.05, 3.63) is 59.5 Å². The Balaban J connectivity index is 1.92. The van der Waals surface area contributed by atoms with Gasteiger partial charge in [-0.05, 0) is 18.6 Å². The average molecular weight is 259 g/mol. The lowest BCUT2D eigenvalue weighted by Crippen LogP contribution is -2.17. The highest BCUT2D eigenvalue weighted by Crippen LogP contribution is 2.14. The number of hydrogen-bond acceptors (Lipinski definition) is 4. The lowest BCUT2D eigenvalue weighted by atomic mass is 10.1. The fraction of sp³-hybridized carbons (Fsp3) is 0.267. The minimum Gasteiger partial charge on any atom is -0.467 e. The molecular weight excluding hydrogens is 242 g/mol. The third-order valence-corrected chi connectivity index (χ3v) is 2.96. The molecule has 2 rings (SSSR count). The van der Waals surface area contributed by atoms with Crippen molar-refractivity contribution in [3.8, 4) is 0 Å². The average Bonchev–Trinajstić information content (AvgIpc) is 2.93. The molecule has 4 heteroatoms. The quantitative estimate of drug-likeness (QED) is 0.839. The third-order valence-electron chi connectivity index (χ3n) is 2.96. The van der Waals surface area contributed by atoms with Crippen molar-refractivity contribution in [2.75, 3.05) is 7.11 Å². The number of nitrogens with one attached hydrogen (secondary N) is 1. The zero-order valence-electron chi connectivity index (χ0n) is 11.1. The molecule has 0 unspecified atom stereocenters. The molecule has 0 aliphatic carbocycles. The number of ether oxygens (including phenoxy) is 1. The highest BCUT2D eigenvalue weighted by Gasteiger charge is 2.11. The summed E-state index contributed by atoms with van der Waals surface area (Å²) < 4.78 is 9.94. The molecule has 19 heavy (non-hydrogen) atoms. The van der Waals surface area contributed by atoms with Gasteiger partial charge in [0.1, 0.15) is 12.0 Å². The van der Waals surface area contributed by atoms with Crippen LogP contribution in [0.4, 0.5) is 0 Å². The van der Waals surface area contributed by atoms with Crippen molar-refractivity contribution in [2.24, 2.45) is 0 Å². The van der Waals surface area contributed by atoms with Crippen LogP contribution in [0.15, 0.2) is 47.1 Å². The molecule has 0 spiro atoms. The SMILES string of the molecule is COC(=O)c1coc(CN[C@@H](C)c2ccccc2)c1. The lowest BCUT2D eigenvalue weighted by molar-refractivity contribution is 0.0600. The van der Waals surface area contributed by atoms with Crippen LogP contribution in [0.3, 0.4) is 0 Å². The van der Waals surface area contributed by atoms with E-state index < -0.39 is 0 Å². The molecule has 1 aromatic heterocycles. The fourth-order valence-electron chi connectivity index (χ4n) is 1.81. The molecule has 1 aromatic carbocycles. The standard InChI is InChI=1S/C15H17NO3/c1-11(12-6-4-3-5-7-12)16-9-14-8-13(10-19-14)15(17)18-2/h3-8,10-11,16H,9H2,1-2H3/t11-/m0/s1. The monoisotopic (exact) mass is 259 g/mol. The second-order valence-corrected chi connectivity index (χ2v) is 4.31. The largest absolute Gasteiger partial charge is 0.467 e. The molecule has 2 aromatic rings. The van der Waals surface area contributed by atoms with Gasteiger partial charge in [0.25, 0.3) is 0 Å². The Bertz CT molecular complexity index is 533. The molecule has 0 fully saturated rings. The van der Waals surface area contributed by atoms with Crippen LogP contribution < -0.4 is 5.32 Å². The number of rotatable bonds is 5. The highest BCUT2D eigenvalue weighted by molar-refractivity contribution is 5.88. The Labute approximate surface area is 112 Å². The van der Waals surface area contributed by atoms with Gasteiger partial charge in [-0.25, -0.2) is 4.79 Å². The van der Waals surface area contributed by atoms with Crippen molar-refractivity contribution in [1.82, 2.24) is 5.32 Å². The van der Waals surface area contributed by atoms with Crippen molar-refractivity contribution in [3.63, 3.8) is 0 Å². The maximum Gasteiger partial charge on any atom is 0.341 e. The maximum absolute atomic E-state index is 11.3. The Kier molecular flexibility index (Phi) is 4.36. The number of esters is 1. The molecule has 4 nitrogen and oxygen atoms in total. The molecule has 0 bridgehead atoms. The van der Waals surface area contributed by atoms with Gasteiger partial charge in [0.05, 0.1) is 19.2 Å². The summed E-state index contributed by atoms with van der Waals surface area (Å²) in [4.78, 5) is 11.3. The summed E-state index contributed by atoms with van der Waals surface area (Å²) in [5.74, 6) is 0.328. The molecule has 1 heterocycles. The summed E-state index contributed by atoms with van der Waals surface area (Å²) >= 11 is 0. The predicted molar refractivity (Wildman–Crippen MR) is 71.7 cm³/mol. The van der Waals surface area contributed by atoms with E-state index in [0.29, 0.717) is 17.9 Å². The van der Waals surface area contributed by atoms with Crippen LogP contribution in [0.1, 0.15) is 34.6 Å². The van der Waals surface area contributed by atoms with Crippen LogP contribution in [0.25, 0.3) is 0 Å². The van der Waals surface area contributed by atoms with Crippen LogP contribution in [-0.4, -0.2) is 13.1 Å². The van der Waals surface area contributed by atoms with Crippen molar-refractivity contribution in [2.45, 2.75) is 19.5 Å². The Hall–Kier alpha value is -2.07. The maximum atomic E-state index is 11.3. The van der Waals surface area contributed by atoms with Gasteiger partial charge in [-0.3, -0.25) is 0 Å². The van der Waals surface area contributed by atoms with Crippen molar-refractivity contribution < 1.29 is 13.9 Å². The first-order chi connectivity index (χ1) is 9.20. The zero-order valence-corrected chi connectivity index (χ0v) is 11.1. The first-order valence-electron chi connectivity index (χ1n) is 6.14. The second-order valence-electron chi connectivity index (χ2n) is 4.31. The zero-order chi connectivity index (χ0) is 13.7. The van der Waals surface area contributed by atoms with Crippen LogP contribution in [0.2, 0.25) is 0 Å². The molecule has 0 saturated carbocycles. The molecular formula is C15H17NO3. The number of benzene rings is 1. The first-order valence-corrected chi connectivity index (χ1v) is 6.14. The summed E-state index contributed by atoms with van der Waals surface area (Å²) in [7, 11) is 1.35. The van der Waals surface area contributed by atoms with E-state index in [4.69, 9.17) is 4.42 Å². The van der Waals surface area contributed by atoms with E-state index in [9.17, 15) is 4.79 Å². The normalized spacial score (nSPS) is 12.1. The molecule has 0 saturated heterocycles. The summed E-state index contributed by atoms with van der Waals surface area (Å²) in [6, 6.07) is 12.1. The lowest BCUT2D eigenvalue weighted by Gasteiger charge is -2.12. The minimum atomic E-state index is -0.383. The predicted octanol–water partition coefficient (Wildman–Crippen LogP) is 2.92. The molecule has 0 amide bonds. The molecule has 100 valence electrons. The summed E-state index contributed by atoms with van der Waals surface area (Å²) in [5, 5.41) is 3.34. The first kappa shape index (κ1) is 13.4. The van der Waals surface area contributed by atoms with Gasteiger partial charge >= 0.3 is 5.97 Å². The van der Waals surface area contributed by atoms with E-state index in [0.717, 1.165) is 0 Å². The van der Waals surface area contributed by atoms with Crippen molar-refractivity contribution in [1.29, 1.82) is 0 Å². The smallest absolute Gasteiger partial charge is 0.341 e. The van der Waals surface area contributed by atoms with Gasteiger partial charge in [-0.15, -0.1) is 0 Å². The van der Waals surface area contributed by atoms with E-state index in [2.05, 4.69) is 29.1 Å². The summed E-state index contributed by atoms with van der Waals surface area (Å²) in [6.45, 7) is 2.65. The number of furan rings is 1. The van der Waals surface area contributed by atoms with Crippen molar-refractivity contribution >= 4 is 5.97 Å². The number of hydrogen-bond donors (Lipinski definition) is 1. The van der Waals surface area contributed by atoms with Gasteiger partial charge in [0.2, 0.25) is 0 Å². The number of carbonyl (C=O) groups excluding carboxylic acids is 1. The van der Waals surface area contributed by atoms with Crippen LogP contribution in [0.5, 0.6) is 0 Å².